The third-order valence-corrected chi connectivity index (χ3v) is 3.98. The van der Waals surface area contributed by atoms with Crippen molar-refractivity contribution in [3.63, 3.8) is 0 Å². The van der Waals surface area contributed by atoms with Gasteiger partial charge in [-0.15, -0.1) is 0 Å². The highest BCUT2D eigenvalue weighted by Crippen LogP contribution is 2.34. The van der Waals surface area contributed by atoms with Crippen molar-refractivity contribution in [2.75, 3.05) is 0 Å². The summed E-state index contributed by atoms with van der Waals surface area (Å²) in [4.78, 5) is 8.09. The van der Waals surface area contributed by atoms with E-state index in [1.807, 2.05) is 6.07 Å². The van der Waals surface area contributed by atoms with E-state index in [4.69, 9.17) is 12.2 Å². The summed E-state index contributed by atoms with van der Waals surface area (Å²) in [7, 11) is 0. The first-order valence-corrected chi connectivity index (χ1v) is 7.55. The standard InChI is InChI=1S/C15H24N2S/c1-10(2)7-13-9-14(18)17-15(16-13)12-6-4-5-11(3)8-12/h9-12H,4-8H2,1-3H3,(H,16,17,18). The van der Waals surface area contributed by atoms with Crippen LogP contribution in [0.2, 0.25) is 0 Å². The first kappa shape index (κ1) is 13.7. The van der Waals surface area contributed by atoms with Crippen molar-refractivity contribution in [1.29, 1.82) is 0 Å². The molecule has 2 unspecified atom stereocenters. The Morgan fingerprint density at radius 2 is 2.22 bits per heavy atom. The minimum absolute atomic E-state index is 0.586. The van der Waals surface area contributed by atoms with Crippen LogP contribution < -0.4 is 0 Å². The second-order valence-corrected chi connectivity index (χ2v) is 6.61. The molecule has 0 aliphatic heterocycles. The van der Waals surface area contributed by atoms with Crippen LogP contribution in [0.3, 0.4) is 0 Å². The summed E-state index contributed by atoms with van der Waals surface area (Å²) < 4.78 is 0.748. The maximum absolute atomic E-state index is 5.31. The lowest BCUT2D eigenvalue weighted by Crippen LogP contribution is -2.15. The van der Waals surface area contributed by atoms with Crippen molar-refractivity contribution in [3.8, 4) is 0 Å². The van der Waals surface area contributed by atoms with E-state index in [9.17, 15) is 0 Å². The van der Waals surface area contributed by atoms with Gasteiger partial charge in [-0.25, -0.2) is 4.98 Å². The van der Waals surface area contributed by atoms with Crippen molar-refractivity contribution in [2.24, 2.45) is 11.8 Å². The minimum Gasteiger partial charge on any atom is -0.347 e. The molecule has 1 aromatic heterocycles. The highest BCUT2D eigenvalue weighted by atomic mass is 32.1. The van der Waals surface area contributed by atoms with Crippen molar-refractivity contribution >= 4 is 12.2 Å². The number of hydrogen-bond acceptors (Lipinski definition) is 2. The van der Waals surface area contributed by atoms with Gasteiger partial charge in [0.1, 0.15) is 10.5 Å². The van der Waals surface area contributed by atoms with Gasteiger partial charge in [-0.05, 0) is 37.2 Å². The van der Waals surface area contributed by atoms with Crippen LogP contribution in [0.1, 0.15) is 63.9 Å². The van der Waals surface area contributed by atoms with Crippen LogP contribution in [0.5, 0.6) is 0 Å². The molecule has 2 rings (SSSR count). The molecule has 1 saturated carbocycles. The Labute approximate surface area is 115 Å². The number of aromatic amines is 1. The van der Waals surface area contributed by atoms with E-state index in [-0.39, 0.29) is 0 Å². The molecule has 1 N–H and O–H groups in total. The zero-order chi connectivity index (χ0) is 13.1. The van der Waals surface area contributed by atoms with Crippen LogP contribution in [0.25, 0.3) is 0 Å². The zero-order valence-corrected chi connectivity index (χ0v) is 12.5. The first-order chi connectivity index (χ1) is 8.54. The predicted octanol–water partition coefficient (Wildman–Crippen LogP) is 4.63. The minimum atomic E-state index is 0.586. The predicted molar refractivity (Wildman–Crippen MR) is 78.3 cm³/mol. The molecule has 2 atom stereocenters. The van der Waals surface area contributed by atoms with Gasteiger partial charge in [-0.1, -0.05) is 45.8 Å². The largest absolute Gasteiger partial charge is 0.347 e. The lowest BCUT2D eigenvalue weighted by Gasteiger charge is -2.26. The van der Waals surface area contributed by atoms with Gasteiger partial charge in [-0.2, -0.15) is 0 Å². The van der Waals surface area contributed by atoms with E-state index in [0.29, 0.717) is 11.8 Å². The Morgan fingerprint density at radius 1 is 1.44 bits per heavy atom. The van der Waals surface area contributed by atoms with Crippen LogP contribution >= 0.6 is 12.2 Å². The molecule has 2 nitrogen and oxygen atoms in total. The number of hydrogen-bond donors (Lipinski definition) is 1. The molecule has 3 heteroatoms. The topological polar surface area (TPSA) is 28.7 Å². The number of nitrogens with one attached hydrogen (secondary N) is 1. The molecule has 1 heterocycles. The number of H-pyrrole nitrogens is 1. The van der Waals surface area contributed by atoms with Crippen LogP contribution in [0.4, 0.5) is 0 Å². The van der Waals surface area contributed by atoms with Gasteiger partial charge in [-0.3, -0.25) is 0 Å². The van der Waals surface area contributed by atoms with Crippen molar-refractivity contribution in [3.05, 3.63) is 22.2 Å². The van der Waals surface area contributed by atoms with Gasteiger partial charge in [0.25, 0.3) is 0 Å². The first-order valence-electron chi connectivity index (χ1n) is 7.14. The lowest BCUT2D eigenvalue weighted by molar-refractivity contribution is 0.334. The molecule has 0 spiro atoms. The Balaban J connectivity index is 2.21. The molecule has 0 saturated heterocycles. The molecule has 1 aliphatic carbocycles. The van der Waals surface area contributed by atoms with Gasteiger partial charge >= 0.3 is 0 Å². The molecular formula is C15H24N2S. The van der Waals surface area contributed by atoms with Crippen LogP contribution in [-0.2, 0) is 6.42 Å². The van der Waals surface area contributed by atoms with Crippen molar-refractivity contribution in [1.82, 2.24) is 9.97 Å². The Kier molecular flexibility index (Phi) is 4.55. The molecule has 0 bridgehead atoms. The summed E-state index contributed by atoms with van der Waals surface area (Å²) in [5.74, 6) is 3.18. The summed E-state index contributed by atoms with van der Waals surface area (Å²) >= 11 is 5.31. The number of nitrogens with zero attached hydrogens (tertiary/aromatic N) is 1. The quantitative estimate of drug-likeness (QED) is 0.806. The third kappa shape index (κ3) is 3.64. The van der Waals surface area contributed by atoms with Crippen LogP contribution in [0.15, 0.2) is 6.07 Å². The maximum atomic E-state index is 5.31. The van der Waals surface area contributed by atoms with Gasteiger partial charge < -0.3 is 4.98 Å². The summed E-state index contributed by atoms with van der Waals surface area (Å²) in [5, 5.41) is 0. The lowest BCUT2D eigenvalue weighted by atomic mass is 9.82. The monoisotopic (exact) mass is 264 g/mol. The summed E-state index contributed by atoms with van der Waals surface area (Å²) in [6.07, 6.45) is 6.25. The number of aromatic nitrogens is 2. The summed E-state index contributed by atoms with van der Waals surface area (Å²) in [6, 6.07) is 2.02. The average Bonchev–Trinajstić information content (AvgIpc) is 2.27. The van der Waals surface area contributed by atoms with Crippen molar-refractivity contribution in [2.45, 2.75) is 58.8 Å². The molecule has 1 aromatic rings. The number of rotatable bonds is 3. The maximum Gasteiger partial charge on any atom is 0.129 e. The Morgan fingerprint density at radius 3 is 2.89 bits per heavy atom. The molecule has 0 radical (unpaired) electrons. The summed E-state index contributed by atoms with van der Waals surface area (Å²) in [6.45, 7) is 6.82. The highest BCUT2D eigenvalue weighted by Gasteiger charge is 2.22. The summed E-state index contributed by atoms with van der Waals surface area (Å²) in [5.41, 5.74) is 1.25. The smallest absolute Gasteiger partial charge is 0.129 e. The van der Waals surface area contributed by atoms with E-state index < -0.39 is 0 Å². The fourth-order valence-electron chi connectivity index (χ4n) is 2.95. The molecule has 1 fully saturated rings. The van der Waals surface area contributed by atoms with E-state index in [1.54, 1.807) is 0 Å². The van der Waals surface area contributed by atoms with Crippen LogP contribution in [0, 0.1) is 16.5 Å². The van der Waals surface area contributed by atoms with E-state index in [0.717, 1.165) is 22.8 Å². The van der Waals surface area contributed by atoms with Gasteiger partial charge in [0.15, 0.2) is 0 Å². The van der Waals surface area contributed by atoms with Gasteiger partial charge in [0.2, 0.25) is 0 Å². The molecule has 0 amide bonds. The molecule has 100 valence electrons. The Hall–Kier alpha value is -0.700. The van der Waals surface area contributed by atoms with Crippen LogP contribution in [-0.4, -0.2) is 9.97 Å². The molecule has 18 heavy (non-hydrogen) atoms. The second kappa shape index (κ2) is 5.96. The zero-order valence-electron chi connectivity index (χ0n) is 11.7. The van der Waals surface area contributed by atoms with E-state index in [2.05, 4.69) is 30.7 Å². The van der Waals surface area contributed by atoms with Gasteiger partial charge in [0, 0.05) is 11.6 Å². The SMILES string of the molecule is CC(C)Cc1cc(=S)nc(C2CCCC(C)C2)[nH]1. The normalized spacial score (nSPS) is 24.4. The van der Waals surface area contributed by atoms with Gasteiger partial charge in [0.05, 0.1) is 0 Å². The Bertz CT molecular complexity index is 450. The average molecular weight is 264 g/mol. The van der Waals surface area contributed by atoms with E-state index in [1.165, 1.54) is 31.4 Å². The second-order valence-electron chi connectivity index (χ2n) is 6.20. The van der Waals surface area contributed by atoms with Crippen molar-refractivity contribution < 1.29 is 0 Å². The molecule has 0 aromatic carbocycles. The fourth-order valence-corrected chi connectivity index (χ4v) is 3.19. The molecule has 1 aliphatic rings. The fraction of sp³-hybridized carbons (Fsp3) is 0.733. The molecular weight excluding hydrogens is 240 g/mol. The highest BCUT2D eigenvalue weighted by molar-refractivity contribution is 7.71. The third-order valence-electron chi connectivity index (χ3n) is 3.77. The van der Waals surface area contributed by atoms with E-state index >= 15 is 0 Å².